The molecule has 0 bridgehead atoms. The average molecular weight is 478 g/mol. The van der Waals surface area contributed by atoms with Crippen LogP contribution in [0.15, 0.2) is 47.0 Å². The molecule has 1 aromatic carbocycles. The number of pyridine rings is 1. The van der Waals surface area contributed by atoms with E-state index in [2.05, 4.69) is 31.4 Å². The lowest BCUT2D eigenvalue weighted by Gasteiger charge is -2.37. The van der Waals surface area contributed by atoms with Gasteiger partial charge in [-0.25, -0.2) is 9.18 Å². The molecule has 2 amide bonds. The van der Waals surface area contributed by atoms with E-state index in [0.717, 1.165) is 19.6 Å². The van der Waals surface area contributed by atoms with Gasteiger partial charge in [0.1, 0.15) is 5.82 Å². The molecule has 1 aliphatic rings. The van der Waals surface area contributed by atoms with E-state index < -0.39 is 17.9 Å². The van der Waals surface area contributed by atoms with Crippen LogP contribution in [0.25, 0.3) is 11.5 Å². The van der Waals surface area contributed by atoms with Crippen LogP contribution in [0.2, 0.25) is 0 Å². The highest BCUT2D eigenvalue weighted by molar-refractivity contribution is 5.92. The minimum absolute atomic E-state index is 0.0359. The first-order chi connectivity index (χ1) is 16.2. The molecule has 180 valence electrons. The van der Waals surface area contributed by atoms with E-state index in [0.29, 0.717) is 24.5 Å². The van der Waals surface area contributed by atoms with E-state index in [-0.39, 0.29) is 24.0 Å². The Morgan fingerprint density at radius 1 is 1.12 bits per heavy atom. The molecule has 1 aliphatic heterocycles. The van der Waals surface area contributed by atoms with Crippen molar-refractivity contribution in [3.63, 3.8) is 0 Å². The van der Waals surface area contributed by atoms with E-state index in [9.17, 15) is 22.4 Å². The van der Waals surface area contributed by atoms with E-state index in [1.54, 1.807) is 17.0 Å². The number of alkyl halides is 3. The summed E-state index contributed by atoms with van der Waals surface area (Å²) >= 11 is 0. The van der Waals surface area contributed by atoms with Gasteiger partial charge in [-0.2, -0.15) is 13.2 Å². The minimum Gasteiger partial charge on any atom is -0.413 e. The standard InChI is InChI=1S/C22H22F4N6O2/c1-2-30-8-10-31(11-9-30)21(33)32(18-5-3-4-16(23)12-18)14-17-7-6-15(13-27-17)19-28-29-20(34-19)22(24,25)26/h3-7,12-13H,2,8-11,14H2,1H3. The van der Waals surface area contributed by atoms with Crippen molar-refractivity contribution in [2.24, 2.45) is 0 Å². The number of carbonyl (C=O) groups excluding carboxylic acids is 1. The Morgan fingerprint density at radius 3 is 2.47 bits per heavy atom. The van der Waals surface area contributed by atoms with Gasteiger partial charge in [-0.1, -0.05) is 13.0 Å². The van der Waals surface area contributed by atoms with Crippen molar-refractivity contribution in [3.8, 4) is 11.5 Å². The van der Waals surface area contributed by atoms with Crippen LogP contribution in [0.5, 0.6) is 0 Å². The van der Waals surface area contributed by atoms with Gasteiger partial charge in [0.05, 0.1) is 17.8 Å². The molecule has 0 N–H and O–H groups in total. The fourth-order valence-electron chi connectivity index (χ4n) is 3.60. The summed E-state index contributed by atoms with van der Waals surface area (Å²) in [5.74, 6) is -2.25. The normalized spacial score (nSPS) is 14.9. The summed E-state index contributed by atoms with van der Waals surface area (Å²) in [4.78, 5) is 23.0. The number of hydrogen-bond acceptors (Lipinski definition) is 6. The molecule has 8 nitrogen and oxygen atoms in total. The summed E-state index contributed by atoms with van der Waals surface area (Å²) in [5.41, 5.74) is 1.02. The van der Waals surface area contributed by atoms with Crippen LogP contribution >= 0.6 is 0 Å². The van der Waals surface area contributed by atoms with E-state index in [4.69, 9.17) is 0 Å². The van der Waals surface area contributed by atoms with Crippen LogP contribution in [0.3, 0.4) is 0 Å². The SMILES string of the molecule is CCN1CCN(C(=O)N(Cc2ccc(-c3nnc(C(F)(F)F)o3)cn2)c2cccc(F)c2)CC1. The molecule has 0 aliphatic carbocycles. The number of hydrogen-bond donors (Lipinski definition) is 0. The summed E-state index contributed by atoms with van der Waals surface area (Å²) in [6.45, 7) is 5.58. The first-order valence-corrected chi connectivity index (χ1v) is 10.6. The Kier molecular flexibility index (Phi) is 6.77. The Bertz CT molecular complexity index is 1130. The maximum Gasteiger partial charge on any atom is 0.470 e. The first-order valence-electron chi connectivity index (χ1n) is 10.6. The number of rotatable bonds is 5. The Hall–Kier alpha value is -3.54. The molecule has 0 unspecified atom stereocenters. The van der Waals surface area contributed by atoms with Gasteiger partial charge in [0.25, 0.3) is 0 Å². The van der Waals surface area contributed by atoms with E-state index in [1.165, 1.54) is 35.4 Å². The number of amides is 2. The summed E-state index contributed by atoms with van der Waals surface area (Å²) in [6.07, 6.45) is -3.45. The molecule has 3 heterocycles. The second kappa shape index (κ2) is 9.75. The molecular weight excluding hydrogens is 456 g/mol. The summed E-state index contributed by atoms with van der Waals surface area (Å²) in [5, 5.41) is 6.41. The van der Waals surface area contributed by atoms with Gasteiger partial charge in [0.15, 0.2) is 0 Å². The van der Waals surface area contributed by atoms with Gasteiger partial charge in [-0.3, -0.25) is 9.88 Å². The van der Waals surface area contributed by atoms with Crippen LogP contribution in [-0.2, 0) is 12.7 Å². The zero-order chi connectivity index (χ0) is 24.3. The second-order valence-corrected chi connectivity index (χ2v) is 7.72. The number of carbonyl (C=O) groups is 1. The van der Waals surface area contributed by atoms with Gasteiger partial charge < -0.3 is 14.2 Å². The number of urea groups is 1. The van der Waals surface area contributed by atoms with E-state index in [1.807, 2.05) is 0 Å². The lowest BCUT2D eigenvalue weighted by Crippen LogP contribution is -2.52. The molecule has 0 saturated carbocycles. The molecule has 3 aromatic rings. The summed E-state index contributed by atoms with van der Waals surface area (Å²) in [6, 6.07) is 8.45. The third-order valence-corrected chi connectivity index (χ3v) is 5.50. The van der Waals surface area contributed by atoms with Crippen molar-refractivity contribution in [3.05, 3.63) is 60.0 Å². The number of piperazine rings is 1. The monoisotopic (exact) mass is 478 g/mol. The zero-order valence-corrected chi connectivity index (χ0v) is 18.3. The van der Waals surface area contributed by atoms with Crippen molar-refractivity contribution >= 4 is 11.7 Å². The third-order valence-electron chi connectivity index (χ3n) is 5.50. The number of aromatic nitrogens is 3. The maximum absolute atomic E-state index is 13.9. The fraction of sp³-hybridized carbons (Fsp3) is 0.364. The Morgan fingerprint density at radius 2 is 1.88 bits per heavy atom. The smallest absolute Gasteiger partial charge is 0.413 e. The van der Waals surface area contributed by atoms with Gasteiger partial charge in [0, 0.05) is 38.1 Å². The summed E-state index contributed by atoms with van der Waals surface area (Å²) < 4.78 is 56.7. The summed E-state index contributed by atoms with van der Waals surface area (Å²) in [7, 11) is 0. The van der Waals surface area contributed by atoms with Crippen molar-refractivity contribution in [2.75, 3.05) is 37.6 Å². The largest absolute Gasteiger partial charge is 0.470 e. The molecule has 0 atom stereocenters. The molecule has 0 radical (unpaired) electrons. The van der Waals surface area contributed by atoms with Gasteiger partial charge in [-0.05, 0) is 36.9 Å². The number of nitrogens with zero attached hydrogens (tertiary/aromatic N) is 6. The highest BCUT2D eigenvalue weighted by Gasteiger charge is 2.38. The first kappa shape index (κ1) is 23.6. The molecule has 0 spiro atoms. The minimum atomic E-state index is -4.74. The van der Waals surface area contributed by atoms with Gasteiger partial charge in [-0.15, -0.1) is 10.2 Å². The molecule has 4 rings (SSSR count). The predicted octanol–water partition coefficient (Wildman–Crippen LogP) is 4.05. The topological polar surface area (TPSA) is 78.6 Å². The second-order valence-electron chi connectivity index (χ2n) is 7.72. The number of anilines is 1. The highest BCUT2D eigenvalue weighted by atomic mass is 19.4. The highest BCUT2D eigenvalue weighted by Crippen LogP contribution is 2.30. The van der Waals surface area contributed by atoms with Crippen LogP contribution in [-0.4, -0.2) is 63.7 Å². The lowest BCUT2D eigenvalue weighted by molar-refractivity contribution is -0.156. The quantitative estimate of drug-likeness (QED) is 0.515. The molecule has 2 aromatic heterocycles. The van der Waals surface area contributed by atoms with Crippen LogP contribution in [0.1, 0.15) is 18.5 Å². The number of halogens is 4. The van der Waals surface area contributed by atoms with Gasteiger partial charge in [0.2, 0.25) is 5.89 Å². The lowest BCUT2D eigenvalue weighted by atomic mass is 10.2. The molecule has 12 heteroatoms. The average Bonchev–Trinajstić information content (AvgIpc) is 3.34. The Labute approximate surface area is 192 Å². The molecule has 1 saturated heterocycles. The molecule has 1 fully saturated rings. The molecular formula is C22H22F4N6O2. The van der Waals surface area contributed by atoms with Crippen LogP contribution in [0.4, 0.5) is 28.0 Å². The predicted molar refractivity (Wildman–Crippen MR) is 114 cm³/mol. The van der Waals surface area contributed by atoms with Crippen LogP contribution in [0, 0.1) is 5.82 Å². The van der Waals surface area contributed by atoms with Crippen molar-refractivity contribution in [2.45, 2.75) is 19.6 Å². The third kappa shape index (κ3) is 5.33. The van der Waals surface area contributed by atoms with Gasteiger partial charge >= 0.3 is 18.1 Å². The van der Waals surface area contributed by atoms with Crippen molar-refractivity contribution in [1.82, 2.24) is 25.0 Å². The van der Waals surface area contributed by atoms with Crippen LogP contribution < -0.4 is 4.90 Å². The van der Waals surface area contributed by atoms with Crippen molar-refractivity contribution in [1.29, 1.82) is 0 Å². The number of benzene rings is 1. The van der Waals surface area contributed by atoms with Crippen molar-refractivity contribution < 1.29 is 26.8 Å². The van der Waals surface area contributed by atoms with E-state index >= 15 is 0 Å². The zero-order valence-electron chi connectivity index (χ0n) is 18.3. The molecule has 34 heavy (non-hydrogen) atoms. The number of likely N-dealkylation sites (N-methyl/N-ethyl adjacent to an activating group) is 1. The fourth-order valence-corrected chi connectivity index (χ4v) is 3.60. The maximum atomic E-state index is 13.9. The Balaban J connectivity index is 1.54.